The SMILES string of the molecule is CCc1ocnc1C(=O)N1CCCC(c2[nH]ncc2-c2ccc(C)cc2)C1. The third-order valence-corrected chi connectivity index (χ3v) is 5.31. The highest BCUT2D eigenvalue weighted by Crippen LogP contribution is 2.33. The molecule has 1 aliphatic rings. The second-order valence-electron chi connectivity index (χ2n) is 7.13. The van der Waals surface area contributed by atoms with Gasteiger partial charge in [0.1, 0.15) is 5.76 Å². The van der Waals surface area contributed by atoms with Gasteiger partial charge in [0.2, 0.25) is 0 Å². The van der Waals surface area contributed by atoms with Crippen LogP contribution in [0.15, 0.2) is 41.3 Å². The fourth-order valence-electron chi connectivity index (χ4n) is 3.81. The third kappa shape index (κ3) is 3.39. The zero-order valence-corrected chi connectivity index (χ0v) is 15.7. The van der Waals surface area contributed by atoms with Crippen molar-refractivity contribution in [1.82, 2.24) is 20.1 Å². The minimum atomic E-state index is -0.0401. The quantitative estimate of drug-likeness (QED) is 0.760. The molecule has 1 fully saturated rings. The predicted octanol–water partition coefficient (Wildman–Crippen LogP) is 3.96. The summed E-state index contributed by atoms with van der Waals surface area (Å²) in [5.41, 5.74) is 5.05. The van der Waals surface area contributed by atoms with E-state index < -0.39 is 0 Å². The van der Waals surface area contributed by atoms with Gasteiger partial charge in [0, 0.05) is 36.7 Å². The number of amides is 1. The second kappa shape index (κ2) is 7.39. The minimum absolute atomic E-state index is 0.0401. The molecule has 0 saturated carbocycles. The number of carbonyl (C=O) groups excluding carboxylic acids is 1. The number of hydrogen-bond acceptors (Lipinski definition) is 4. The summed E-state index contributed by atoms with van der Waals surface area (Å²) in [5.74, 6) is 0.851. The average molecular weight is 364 g/mol. The van der Waals surface area contributed by atoms with Crippen molar-refractivity contribution < 1.29 is 9.21 Å². The Morgan fingerprint density at radius 1 is 1.33 bits per heavy atom. The largest absolute Gasteiger partial charge is 0.448 e. The van der Waals surface area contributed by atoms with Crippen LogP contribution in [0.1, 0.15) is 53.2 Å². The Labute approximate surface area is 158 Å². The maximum atomic E-state index is 12.9. The Bertz CT molecular complexity index is 926. The van der Waals surface area contributed by atoms with Crippen molar-refractivity contribution in [2.45, 2.75) is 39.0 Å². The summed E-state index contributed by atoms with van der Waals surface area (Å²) in [6.07, 6.45) is 5.90. The van der Waals surface area contributed by atoms with Crippen LogP contribution in [0.5, 0.6) is 0 Å². The zero-order valence-electron chi connectivity index (χ0n) is 15.7. The number of H-pyrrole nitrogens is 1. The highest BCUT2D eigenvalue weighted by atomic mass is 16.3. The number of carbonyl (C=O) groups is 1. The summed E-state index contributed by atoms with van der Waals surface area (Å²) in [5, 5.41) is 7.47. The van der Waals surface area contributed by atoms with Gasteiger partial charge >= 0.3 is 0 Å². The number of aryl methyl sites for hydroxylation is 2. The lowest BCUT2D eigenvalue weighted by Gasteiger charge is -2.32. The van der Waals surface area contributed by atoms with Gasteiger partial charge in [-0.3, -0.25) is 9.89 Å². The molecular formula is C21H24N4O2. The molecule has 6 heteroatoms. The number of nitrogens with zero attached hydrogens (tertiary/aromatic N) is 3. The predicted molar refractivity (Wildman–Crippen MR) is 103 cm³/mol. The number of oxazole rings is 1. The molecule has 0 spiro atoms. The molecule has 140 valence electrons. The molecule has 1 saturated heterocycles. The first-order valence-corrected chi connectivity index (χ1v) is 9.49. The summed E-state index contributed by atoms with van der Waals surface area (Å²) in [6.45, 7) is 5.46. The topological polar surface area (TPSA) is 75.0 Å². The molecule has 27 heavy (non-hydrogen) atoms. The van der Waals surface area contributed by atoms with E-state index in [0.717, 1.165) is 36.2 Å². The van der Waals surface area contributed by atoms with Crippen LogP contribution in [-0.2, 0) is 6.42 Å². The first-order chi connectivity index (χ1) is 13.2. The molecule has 1 N–H and O–H groups in total. The van der Waals surface area contributed by atoms with Crippen molar-refractivity contribution in [2.24, 2.45) is 0 Å². The van der Waals surface area contributed by atoms with Crippen molar-refractivity contribution in [3.8, 4) is 11.1 Å². The fraction of sp³-hybridized carbons (Fsp3) is 0.381. The first kappa shape index (κ1) is 17.5. The van der Waals surface area contributed by atoms with E-state index in [2.05, 4.69) is 46.4 Å². The van der Waals surface area contributed by atoms with Gasteiger partial charge in [-0.15, -0.1) is 0 Å². The van der Waals surface area contributed by atoms with Crippen molar-refractivity contribution in [3.05, 3.63) is 59.6 Å². The Balaban J connectivity index is 1.57. The molecule has 3 aromatic rings. The van der Waals surface area contributed by atoms with Gasteiger partial charge in [0.25, 0.3) is 5.91 Å². The molecule has 0 aliphatic carbocycles. The lowest BCUT2D eigenvalue weighted by atomic mass is 9.90. The van der Waals surface area contributed by atoms with Gasteiger partial charge in [-0.1, -0.05) is 36.8 Å². The third-order valence-electron chi connectivity index (χ3n) is 5.31. The van der Waals surface area contributed by atoms with E-state index >= 15 is 0 Å². The van der Waals surface area contributed by atoms with E-state index in [1.807, 2.05) is 18.0 Å². The minimum Gasteiger partial charge on any atom is -0.448 e. The highest BCUT2D eigenvalue weighted by molar-refractivity contribution is 5.93. The molecule has 0 radical (unpaired) electrons. The monoisotopic (exact) mass is 364 g/mol. The van der Waals surface area contributed by atoms with Crippen LogP contribution in [0.2, 0.25) is 0 Å². The number of likely N-dealkylation sites (tertiary alicyclic amines) is 1. The van der Waals surface area contributed by atoms with Crippen LogP contribution in [0.25, 0.3) is 11.1 Å². The number of aromatic nitrogens is 3. The smallest absolute Gasteiger partial charge is 0.276 e. The Hall–Kier alpha value is -2.89. The number of aromatic amines is 1. The molecule has 1 aromatic carbocycles. The fourth-order valence-corrected chi connectivity index (χ4v) is 3.81. The Kier molecular flexibility index (Phi) is 4.79. The van der Waals surface area contributed by atoms with E-state index in [-0.39, 0.29) is 11.8 Å². The number of benzene rings is 1. The summed E-state index contributed by atoms with van der Waals surface area (Å²) in [7, 11) is 0. The molecule has 3 heterocycles. The summed E-state index contributed by atoms with van der Waals surface area (Å²) >= 11 is 0. The lowest BCUT2D eigenvalue weighted by Crippen LogP contribution is -2.39. The van der Waals surface area contributed by atoms with Crippen molar-refractivity contribution in [1.29, 1.82) is 0 Å². The van der Waals surface area contributed by atoms with Gasteiger partial charge in [0.15, 0.2) is 12.1 Å². The Morgan fingerprint density at radius 3 is 2.93 bits per heavy atom. The summed E-state index contributed by atoms with van der Waals surface area (Å²) in [4.78, 5) is 19.0. The van der Waals surface area contributed by atoms with Crippen LogP contribution in [0, 0.1) is 6.92 Å². The van der Waals surface area contributed by atoms with Gasteiger partial charge < -0.3 is 9.32 Å². The number of nitrogens with one attached hydrogen (secondary N) is 1. The van der Waals surface area contributed by atoms with E-state index in [4.69, 9.17) is 4.42 Å². The van der Waals surface area contributed by atoms with Crippen LogP contribution in [0.4, 0.5) is 0 Å². The van der Waals surface area contributed by atoms with Gasteiger partial charge in [-0.05, 0) is 25.3 Å². The molecule has 4 rings (SSSR count). The van der Waals surface area contributed by atoms with E-state index in [9.17, 15) is 4.79 Å². The summed E-state index contributed by atoms with van der Waals surface area (Å²) in [6, 6.07) is 8.47. The molecule has 1 atom stereocenters. The first-order valence-electron chi connectivity index (χ1n) is 9.49. The molecule has 2 aromatic heterocycles. The van der Waals surface area contributed by atoms with Gasteiger partial charge in [-0.2, -0.15) is 5.10 Å². The molecule has 6 nitrogen and oxygen atoms in total. The van der Waals surface area contributed by atoms with Crippen LogP contribution >= 0.6 is 0 Å². The van der Waals surface area contributed by atoms with Crippen LogP contribution in [-0.4, -0.2) is 39.1 Å². The number of piperidine rings is 1. The highest BCUT2D eigenvalue weighted by Gasteiger charge is 2.30. The second-order valence-corrected chi connectivity index (χ2v) is 7.13. The van der Waals surface area contributed by atoms with Crippen molar-refractivity contribution >= 4 is 5.91 Å². The molecular weight excluding hydrogens is 340 g/mol. The molecule has 0 bridgehead atoms. The zero-order chi connectivity index (χ0) is 18.8. The number of rotatable bonds is 4. The van der Waals surface area contributed by atoms with Gasteiger partial charge in [-0.25, -0.2) is 4.98 Å². The number of hydrogen-bond donors (Lipinski definition) is 1. The van der Waals surface area contributed by atoms with Crippen LogP contribution in [0.3, 0.4) is 0 Å². The van der Waals surface area contributed by atoms with Crippen LogP contribution < -0.4 is 0 Å². The normalized spacial score (nSPS) is 17.3. The molecule has 1 amide bonds. The summed E-state index contributed by atoms with van der Waals surface area (Å²) < 4.78 is 5.34. The molecule has 1 aliphatic heterocycles. The van der Waals surface area contributed by atoms with Gasteiger partial charge in [0.05, 0.1) is 6.20 Å². The standard InChI is InChI=1S/C21H24N4O2/c1-3-18-20(22-13-27-18)21(26)25-10-4-5-16(12-25)19-17(11-23-24-19)15-8-6-14(2)7-9-15/h6-9,11,13,16H,3-5,10,12H2,1-2H3,(H,23,24). The maximum absolute atomic E-state index is 12.9. The van der Waals surface area contributed by atoms with Crippen molar-refractivity contribution in [2.75, 3.05) is 13.1 Å². The van der Waals surface area contributed by atoms with E-state index in [1.54, 1.807) is 0 Å². The lowest BCUT2D eigenvalue weighted by molar-refractivity contribution is 0.0698. The van der Waals surface area contributed by atoms with Crippen molar-refractivity contribution in [3.63, 3.8) is 0 Å². The molecule has 1 unspecified atom stereocenters. The van der Waals surface area contributed by atoms with E-state index in [1.165, 1.54) is 12.0 Å². The van der Waals surface area contributed by atoms with E-state index in [0.29, 0.717) is 24.4 Å². The maximum Gasteiger partial charge on any atom is 0.276 e. The Morgan fingerprint density at radius 2 is 2.15 bits per heavy atom. The average Bonchev–Trinajstić information content (AvgIpc) is 3.37.